The van der Waals surface area contributed by atoms with Crippen LogP contribution in [0.15, 0.2) is 42.5 Å². The maximum atomic E-state index is 13.2. The third-order valence-electron chi connectivity index (χ3n) is 8.49. The number of rotatable bonds is 4. The second-order valence-electron chi connectivity index (χ2n) is 9.95. The lowest BCUT2D eigenvalue weighted by Crippen LogP contribution is -2.44. The van der Waals surface area contributed by atoms with Crippen LogP contribution >= 0.6 is 0 Å². The summed E-state index contributed by atoms with van der Waals surface area (Å²) in [5, 5.41) is 9.91. The van der Waals surface area contributed by atoms with E-state index in [0.29, 0.717) is 35.2 Å². The number of carbonyl (C=O) groups is 1. The molecule has 3 aliphatic carbocycles. The Labute approximate surface area is 179 Å². The molecule has 3 nitrogen and oxygen atoms in total. The fourth-order valence-corrected chi connectivity index (χ4v) is 7.07. The van der Waals surface area contributed by atoms with Crippen molar-refractivity contribution in [1.29, 1.82) is 0 Å². The van der Waals surface area contributed by atoms with Gasteiger partial charge in [0.05, 0.1) is 7.11 Å². The first-order valence-corrected chi connectivity index (χ1v) is 11.5. The molecule has 158 valence electrons. The summed E-state index contributed by atoms with van der Waals surface area (Å²) in [5.74, 6) is 3.86. The molecule has 0 spiro atoms. The smallest absolute Gasteiger partial charge is 0.139 e. The van der Waals surface area contributed by atoms with Crippen LogP contribution in [0.3, 0.4) is 0 Å². The van der Waals surface area contributed by atoms with Crippen LogP contribution < -0.4 is 4.74 Å². The number of ketones is 1. The quantitative estimate of drug-likeness (QED) is 0.713. The minimum Gasteiger partial charge on any atom is -0.508 e. The van der Waals surface area contributed by atoms with E-state index in [0.717, 1.165) is 50.7 Å². The number of Topliss-reactive ketones (excluding diaryl/α,β-unsaturated/α-hetero) is 1. The number of hydrogen-bond acceptors (Lipinski definition) is 3. The molecule has 0 heterocycles. The number of aryl methyl sites for hydroxylation is 2. The highest BCUT2D eigenvalue weighted by atomic mass is 16.5. The van der Waals surface area contributed by atoms with E-state index in [9.17, 15) is 9.90 Å². The summed E-state index contributed by atoms with van der Waals surface area (Å²) in [7, 11) is 1.71. The van der Waals surface area contributed by atoms with Crippen molar-refractivity contribution in [2.75, 3.05) is 7.11 Å². The minimum atomic E-state index is -0.144. The van der Waals surface area contributed by atoms with Crippen LogP contribution in [-0.4, -0.2) is 18.0 Å². The molecule has 5 rings (SSSR count). The Morgan fingerprint density at radius 3 is 2.87 bits per heavy atom. The van der Waals surface area contributed by atoms with Crippen LogP contribution in [0, 0.1) is 23.2 Å². The molecular weight excluding hydrogens is 372 g/mol. The first kappa shape index (κ1) is 19.7. The molecule has 30 heavy (non-hydrogen) atoms. The predicted molar refractivity (Wildman–Crippen MR) is 118 cm³/mol. The van der Waals surface area contributed by atoms with E-state index in [4.69, 9.17) is 4.74 Å². The van der Waals surface area contributed by atoms with Gasteiger partial charge in [0.25, 0.3) is 0 Å². The van der Waals surface area contributed by atoms with Crippen LogP contribution in [-0.2, 0) is 17.6 Å². The van der Waals surface area contributed by atoms with E-state index >= 15 is 0 Å². The lowest BCUT2D eigenvalue weighted by molar-refractivity contribution is -0.129. The van der Waals surface area contributed by atoms with Gasteiger partial charge in [-0.15, -0.1) is 0 Å². The van der Waals surface area contributed by atoms with Crippen molar-refractivity contribution >= 4 is 5.78 Å². The molecular formula is C27H32O3. The van der Waals surface area contributed by atoms with Gasteiger partial charge in [-0.3, -0.25) is 4.79 Å². The average molecular weight is 405 g/mol. The van der Waals surface area contributed by atoms with Crippen LogP contribution in [0.25, 0.3) is 0 Å². The van der Waals surface area contributed by atoms with E-state index in [1.54, 1.807) is 7.11 Å². The highest BCUT2D eigenvalue weighted by Gasteiger charge is 2.58. The molecule has 0 radical (unpaired) electrons. The second kappa shape index (κ2) is 7.44. The van der Waals surface area contributed by atoms with Gasteiger partial charge in [0, 0.05) is 11.8 Å². The van der Waals surface area contributed by atoms with Gasteiger partial charge >= 0.3 is 0 Å². The molecule has 1 N–H and O–H groups in total. The maximum absolute atomic E-state index is 13.2. The third-order valence-corrected chi connectivity index (χ3v) is 8.49. The van der Waals surface area contributed by atoms with Crippen molar-refractivity contribution in [2.24, 2.45) is 23.2 Å². The van der Waals surface area contributed by atoms with Gasteiger partial charge in [-0.2, -0.15) is 0 Å². The molecule has 2 aromatic rings. The molecule has 0 bridgehead atoms. The third kappa shape index (κ3) is 3.14. The summed E-state index contributed by atoms with van der Waals surface area (Å²) in [6.07, 6.45) is 7.10. The number of phenols is 1. The molecule has 0 unspecified atom stereocenters. The van der Waals surface area contributed by atoms with Crippen LogP contribution in [0.2, 0.25) is 0 Å². The molecule has 0 amide bonds. The molecule has 2 saturated carbocycles. The summed E-state index contributed by atoms with van der Waals surface area (Å²) in [6.45, 7) is 2.26. The van der Waals surface area contributed by atoms with Gasteiger partial charge in [-0.25, -0.2) is 0 Å². The van der Waals surface area contributed by atoms with Crippen molar-refractivity contribution in [3.05, 3.63) is 59.2 Å². The highest BCUT2D eigenvalue weighted by molar-refractivity contribution is 5.87. The number of hydrogen-bond donors (Lipinski definition) is 1. The molecule has 2 fully saturated rings. The summed E-state index contributed by atoms with van der Waals surface area (Å²) in [4.78, 5) is 13.2. The number of carbonyl (C=O) groups excluding carboxylic acids is 1. The van der Waals surface area contributed by atoms with Crippen molar-refractivity contribution in [3.63, 3.8) is 0 Å². The summed E-state index contributed by atoms with van der Waals surface area (Å²) < 4.78 is 5.39. The van der Waals surface area contributed by atoms with Gasteiger partial charge in [0.2, 0.25) is 0 Å². The largest absolute Gasteiger partial charge is 0.508 e. The van der Waals surface area contributed by atoms with E-state index < -0.39 is 0 Å². The van der Waals surface area contributed by atoms with Crippen LogP contribution in [0.5, 0.6) is 11.5 Å². The first-order chi connectivity index (χ1) is 14.5. The Morgan fingerprint density at radius 1 is 1.17 bits per heavy atom. The fraction of sp³-hybridized carbons (Fsp3) is 0.519. The molecule has 0 aromatic heterocycles. The van der Waals surface area contributed by atoms with E-state index in [1.807, 2.05) is 18.2 Å². The number of methoxy groups -OCH3 is 1. The van der Waals surface area contributed by atoms with Gasteiger partial charge in [-0.1, -0.05) is 25.1 Å². The SMILES string of the molecule is COc1cccc(CC[C@@H]2CC(=O)[C@@]3(C)CC[C@@H]4c5ccc(O)cc5CC[C@H]4[C@H]23)c1. The normalized spacial score (nSPS) is 32.3. The Kier molecular flexibility index (Phi) is 4.88. The standard InChI is InChI=1S/C27H32O3/c1-27-13-12-23-22-11-9-20(28)15-18(22)8-10-24(23)26(27)19(16-25(27)29)7-6-17-4-3-5-21(14-17)30-2/h3-5,9,11,14-15,19,23-24,26,28H,6-8,10,12-13,16H2,1-2H3/t19-,23-,24-,26+,27-/m1/s1. The molecule has 2 aromatic carbocycles. The Bertz CT molecular complexity index is 964. The lowest BCUT2D eigenvalue weighted by Gasteiger charge is -2.50. The number of ether oxygens (including phenoxy) is 1. The second-order valence-corrected chi connectivity index (χ2v) is 9.95. The zero-order chi connectivity index (χ0) is 20.9. The summed E-state index contributed by atoms with van der Waals surface area (Å²) in [5.41, 5.74) is 3.90. The topological polar surface area (TPSA) is 46.5 Å². The predicted octanol–water partition coefficient (Wildman–Crippen LogP) is 5.68. The zero-order valence-electron chi connectivity index (χ0n) is 18.1. The fourth-order valence-electron chi connectivity index (χ4n) is 7.07. The summed E-state index contributed by atoms with van der Waals surface area (Å²) >= 11 is 0. The monoisotopic (exact) mass is 404 g/mol. The van der Waals surface area contributed by atoms with E-state index in [2.05, 4.69) is 31.2 Å². The number of phenolic OH excluding ortho intramolecular Hbond substituents is 1. The van der Waals surface area contributed by atoms with E-state index in [1.165, 1.54) is 16.7 Å². The number of fused-ring (bicyclic) bond motifs is 5. The molecule has 5 atom stereocenters. The maximum Gasteiger partial charge on any atom is 0.139 e. The average Bonchev–Trinajstić information content (AvgIpc) is 3.02. The van der Waals surface area contributed by atoms with Gasteiger partial charge in [-0.05, 0) is 103 Å². The Morgan fingerprint density at radius 2 is 2.03 bits per heavy atom. The number of aromatic hydroxyl groups is 1. The minimum absolute atomic E-state index is 0.144. The van der Waals surface area contributed by atoms with Crippen molar-refractivity contribution in [1.82, 2.24) is 0 Å². The van der Waals surface area contributed by atoms with E-state index in [-0.39, 0.29) is 5.41 Å². The van der Waals surface area contributed by atoms with Crippen LogP contribution in [0.1, 0.15) is 61.6 Å². The summed E-state index contributed by atoms with van der Waals surface area (Å²) in [6, 6.07) is 14.3. The Hall–Kier alpha value is -2.29. The first-order valence-electron chi connectivity index (χ1n) is 11.5. The van der Waals surface area contributed by atoms with Crippen molar-refractivity contribution < 1.29 is 14.6 Å². The van der Waals surface area contributed by atoms with Crippen LogP contribution in [0.4, 0.5) is 0 Å². The zero-order valence-corrected chi connectivity index (χ0v) is 18.1. The molecule has 3 heteroatoms. The van der Waals surface area contributed by atoms with Gasteiger partial charge in [0.1, 0.15) is 17.3 Å². The van der Waals surface area contributed by atoms with Crippen molar-refractivity contribution in [2.45, 2.75) is 57.8 Å². The molecule has 0 aliphatic heterocycles. The molecule has 0 saturated heterocycles. The molecule has 3 aliphatic rings. The number of benzene rings is 2. The van der Waals surface area contributed by atoms with Gasteiger partial charge in [0.15, 0.2) is 0 Å². The Balaban J connectivity index is 1.40. The highest BCUT2D eigenvalue weighted by Crippen LogP contribution is 2.62. The van der Waals surface area contributed by atoms with Gasteiger partial charge < -0.3 is 9.84 Å². The van der Waals surface area contributed by atoms with Crippen molar-refractivity contribution in [3.8, 4) is 11.5 Å². The lowest BCUT2D eigenvalue weighted by atomic mass is 9.54.